The molecule has 1 heterocycles. The molecule has 3 rings (SSSR count). The molecular formula is C16H14ClNO2S. The van der Waals surface area contributed by atoms with E-state index in [1.165, 1.54) is 16.3 Å². The van der Waals surface area contributed by atoms with Crippen molar-refractivity contribution in [3.05, 3.63) is 59.9 Å². The Labute approximate surface area is 132 Å². The van der Waals surface area contributed by atoms with E-state index >= 15 is 0 Å². The van der Waals surface area contributed by atoms with E-state index in [0.717, 1.165) is 11.5 Å². The number of thioether (sulfide) groups is 1. The maximum absolute atomic E-state index is 11.0. The van der Waals surface area contributed by atoms with Gasteiger partial charge in [-0.3, -0.25) is 4.79 Å². The van der Waals surface area contributed by atoms with E-state index in [-0.39, 0.29) is 0 Å². The largest absolute Gasteiger partial charge is 0.412 e. The Hall–Kier alpha value is -1.49. The van der Waals surface area contributed by atoms with Gasteiger partial charge in [-0.1, -0.05) is 42.5 Å². The zero-order chi connectivity index (χ0) is 14.7. The monoisotopic (exact) mass is 319 g/mol. The first-order valence-corrected chi connectivity index (χ1v) is 8.13. The molecule has 5 heteroatoms. The molecule has 1 atom stereocenters. The Morgan fingerprint density at radius 1 is 1.19 bits per heavy atom. The third-order valence-corrected chi connectivity index (χ3v) is 4.50. The molecule has 0 amide bonds. The molecule has 1 aliphatic heterocycles. The molecule has 1 N–H and O–H groups in total. The van der Waals surface area contributed by atoms with E-state index in [9.17, 15) is 4.79 Å². The van der Waals surface area contributed by atoms with E-state index in [0.29, 0.717) is 5.75 Å². The normalized spacial score (nSPS) is 17.6. The standard InChI is InChI=1S/C16H14ClNO2S/c17-16(19)15-8-14(20-18-15)10-21-9-11-5-6-12-3-1-2-4-13(12)7-11/h1-8,15,18H,9-10H2. The van der Waals surface area contributed by atoms with Crippen LogP contribution >= 0.6 is 23.4 Å². The first kappa shape index (κ1) is 14.4. The summed E-state index contributed by atoms with van der Waals surface area (Å²) < 4.78 is 0. The molecule has 21 heavy (non-hydrogen) atoms. The molecule has 1 aliphatic rings. The van der Waals surface area contributed by atoms with Gasteiger partial charge in [-0.2, -0.15) is 0 Å². The first-order chi connectivity index (χ1) is 10.2. The quantitative estimate of drug-likeness (QED) is 0.854. The number of hydrogen-bond donors (Lipinski definition) is 1. The zero-order valence-corrected chi connectivity index (χ0v) is 12.8. The van der Waals surface area contributed by atoms with E-state index < -0.39 is 11.3 Å². The summed E-state index contributed by atoms with van der Waals surface area (Å²) >= 11 is 7.14. The Morgan fingerprint density at radius 2 is 2.00 bits per heavy atom. The summed E-state index contributed by atoms with van der Waals surface area (Å²) in [7, 11) is 0. The van der Waals surface area contributed by atoms with Gasteiger partial charge in [0.1, 0.15) is 11.8 Å². The molecule has 0 fully saturated rings. The zero-order valence-electron chi connectivity index (χ0n) is 11.2. The number of halogens is 1. The van der Waals surface area contributed by atoms with Crippen LogP contribution in [0.15, 0.2) is 54.3 Å². The highest BCUT2D eigenvalue weighted by Crippen LogP contribution is 2.22. The van der Waals surface area contributed by atoms with Gasteiger partial charge in [0.15, 0.2) is 0 Å². The summed E-state index contributed by atoms with van der Waals surface area (Å²) in [5.41, 5.74) is 3.86. The summed E-state index contributed by atoms with van der Waals surface area (Å²) in [6.07, 6.45) is 1.72. The second kappa shape index (κ2) is 6.52. The molecule has 0 saturated carbocycles. The van der Waals surface area contributed by atoms with Crippen LogP contribution in [0.2, 0.25) is 0 Å². The lowest BCUT2D eigenvalue weighted by molar-refractivity contribution is -0.114. The van der Waals surface area contributed by atoms with Crippen LogP contribution < -0.4 is 5.48 Å². The number of hydrogen-bond acceptors (Lipinski definition) is 4. The van der Waals surface area contributed by atoms with Gasteiger partial charge < -0.3 is 4.84 Å². The topological polar surface area (TPSA) is 38.3 Å². The molecule has 0 aromatic heterocycles. The number of carbonyl (C=O) groups excluding carboxylic acids is 1. The lowest BCUT2D eigenvalue weighted by Gasteiger charge is -2.05. The highest BCUT2D eigenvalue weighted by Gasteiger charge is 2.21. The Bertz CT molecular complexity index is 701. The van der Waals surface area contributed by atoms with Crippen LogP contribution in [-0.4, -0.2) is 17.0 Å². The van der Waals surface area contributed by atoms with E-state index in [1.54, 1.807) is 17.8 Å². The lowest BCUT2D eigenvalue weighted by atomic mass is 10.1. The molecule has 2 aromatic rings. The van der Waals surface area contributed by atoms with Crippen LogP contribution in [0.4, 0.5) is 0 Å². The second-order valence-corrected chi connectivity index (χ2v) is 6.17. The molecule has 2 aromatic carbocycles. The molecule has 0 saturated heterocycles. The molecule has 0 bridgehead atoms. The van der Waals surface area contributed by atoms with Gasteiger partial charge >= 0.3 is 0 Å². The Kier molecular flexibility index (Phi) is 4.48. The minimum Gasteiger partial charge on any atom is -0.412 e. The Balaban J connectivity index is 1.57. The van der Waals surface area contributed by atoms with Crippen molar-refractivity contribution in [2.75, 3.05) is 5.75 Å². The minimum absolute atomic E-state index is 0.454. The summed E-state index contributed by atoms with van der Waals surface area (Å²) in [6, 6.07) is 14.3. The van der Waals surface area contributed by atoms with Crippen LogP contribution in [0.1, 0.15) is 5.56 Å². The molecule has 108 valence electrons. The third-order valence-electron chi connectivity index (χ3n) is 3.24. The average molecular weight is 320 g/mol. The van der Waals surface area contributed by atoms with Crippen molar-refractivity contribution in [1.82, 2.24) is 5.48 Å². The fraction of sp³-hybridized carbons (Fsp3) is 0.188. The van der Waals surface area contributed by atoms with Gasteiger partial charge in [0.2, 0.25) is 5.24 Å². The smallest absolute Gasteiger partial charge is 0.246 e. The van der Waals surface area contributed by atoms with Crippen LogP contribution in [0.5, 0.6) is 0 Å². The lowest BCUT2D eigenvalue weighted by Crippen LogP contribution is -2.26. The summed E-state index contributed by atoms with van der Waals surface area (Å²) in [4.78, 5) is 16.2. The predicted molar refractivity (Wildman–Crippen MR) is 87.1 cm³/mol. The highest BCUT2D eigenvalue weighted by atomic mass is 35.5. The van der Waals surface area contributed by atoms with Crippen molar-refractivity contribution < 1.29 is 9.63 Å². The van der Waals surface area contributed by atoms with Crippen molar-refractivity contribution in [1.29, 1.82) is 0 Å². The maximum Gasteiger partial charge on any atom is 0.246 e. The number of nitrogens with one attached hydrogen (secondary N) is 1. The molecule has 0 radical (unpaired) electrons. The maximum atomic E-state index is 11.0. The molecule has 3 nitrogen and oxygen atoms in total. The molecular weight excluding hydrogens is 306 g/mol. The molecule has 1 unspecified atom stereocenters. The summed E-state index contributed by atoms with van der Waals surface area (Å²) in [5.74, 6) is 2.35. The first-order valence-electron chi connectivity index (χ1n) is 6.60. The summed E-state index contributed by atoms with van der Waals surface area (Å²) in [5, 5.41) is 2.05. The number of carbonyl (C=O) groups is 1. The third kappa shape index (κ3) is 3.59. The predicted octanol–water partition coefficient (Wildman–Crippen LogP) is 3.63. The highest BCUT2D eigenvalue weighted by molar-refractivity contribution is 7.98. The van der Waals surface area contributed by atoms with Gasteiger partial charge in [-0.05, 0) is 34.0 Å². The van der Waals surface area contributed by atoms with Gasteiger partial charge in [0, 0.05) is 5.75 Å². The second-order valence-electron chi connectivity index (χ2n) is 4.81. The van der Waals surface area contributed by atoms with Crippen molar-refractivity contribution in [3.8, 4) is 0 Å². The van der Waals surface area contributed by atoms with Crippen LogP contribution in [0.25, 0.3) is 10.8 Å². The number of hydroxylamine groups is 1. The van der Waals surface area contributed by atoms with Gasteiger partial charge in [-0.15, -0.1) is 17.2 Å². The number of benzene rings is 2. The van der Waals surface area contributed by atoms with Crippen LogP contribution in [-0.2, 0) is 15.4 Å². The van der Waals surface area contributed by atoms with Gasteiger partial charge in [0.25, 0.3) is 0 Å². The van der Waals surface area contributed by atoms with Crippen molar-refractivity contribution in [2.24, 2.45) is 0 Å². The summed E-state index contributed by atoms with van der Waals surface area (Å²) in [6.45, 7) is 0. The van der Waals surface area contributed by atoms with Gasteiger partial charge in [-0.25, -0.2) is 0 Å². The molecule has 0 aliphatic carbocycles. The van der Waals surface area contributed by atoms with E-state index in [2.05, 4.69) is 35.8 Å². The average Bonchev–Trinajstić information content (AvgIpc) is 2.96. The van der Waals surface area contributed by atoms with Gasteiger partial charge in [0.05, 0.1) is 5.75 Å². The van der Waals surface area contributed by atoms with E-state index in [4.69, 9.17) is 16.4 Å². The van der Waals surface area contributed by atoms with Crippen molar-refractivity contribution >= 4 is 39.4 Å². The van der Waals surface area contributed by atoms with Crippen molar-refractivity contribution in [3.63, 3.8) is 0 Å². The fourth-order valence-electron chi connectivity index (χ4n) is 2.18. The van der Waals surface area contributed by atoms with E-state index in [1.807, 2.05) is 12.1 Å². The van der Waals surface area contributed by atoms with Crippen molar-refractivity contribution in [2.45, 2.75) is 11.8 Å². The number of fused-ring (bicyclic) bond motifs is 1. The van der Waals surface area contributed by atoms with Crippen LogP contribution in [0.3, 0.4) is 0 Å². The Morgan fingerprint density at radius 3 is 2.76 bits per heavy atom. The molecule has 0 spiro atoms. The minimum atomic E-state index is -0.525. The fourth-order valence-corrected chi connectivity index (χ4v) is 3.16. The van der Waals surface area contributed by atoms with Crippen LogP contribution in [0, 0.1) is 0 Å². The SMILES string of the molecule is O=C(Cl)C1C=C(CSCc2ccc3ccccc3c2)ON1. The number of rotatable bonds is 5.